The molecule has 0 saturated carbocycles. The number of aliphatic carboxylic acids is 1. The maximum Gasteiger partial charge on any atom is 0.326 e. The van der Waals surface area contributed by atoms with Crippen molar-refractivity contribution in [2.75, 3.05) is 31.5 Å². The number of amides is 3. The molecule has 34 heavy (non-hydrogen) atoms. The van der Waals surface area contributed by atoms with E-state index >= 15 is 0 Å². The van der Waals surface area contributed by atoms with Gasteiger partial charge in [0.25, 0.3) is 5.91 Å². The number of anilines is 1. The number of nitrogens with one attached hydrogen (secondary N) is 2. The van der Waals surface area contributed by atoms with E-state index in [-0.39, 0.29) is 48.6 Å². The molecular weight excluding hydrogens is 460 g/mol. The van der Waals surface area contributed by atoms with E-state index in [2.05, 4.69) is 10.6 Å². The summed E-state index contributed by atoms with van der Waals surface area (Å²) >= 11 is 0. The Morgan fingerprint density at radius 2 is 1.50 bits per heavy atom. The third kappa shape index (κ3) is 5.91. The molecule has 3 rings (SSSR count). The second kappa shape index (κ2) is 10.7. The molecule has 1 heterocycles. The fourth-order valence-electron chi connectivity index (χ4n) is 3.52. The highest BCUT2D eigenvalue weighted by molar-refractivity contribution is 7.89. The second-order valence-corrected chi connectivity index (χ2v) is 10.2. The standard InChI is InChI=1S/C23H28N4O6S/c1-16(2)20(22(29)30)25-21(28)17-8-10-19(11-9-17)34(32,33)27-14-12-26(13-15-27)23(31)24-18-6-4-3-5-7-18/h3-11,16,20H,12-15H2,1-2H3,(H,24,31)(H,25,28)(H,29,30)/t20-/m0/s1. The van der Waals surface area contributed by atoms with Crippen LogP contribution in [0.15, 0.2) is 59.5 Å². The lowest BCUT2D eigenvalue weighted by Crippen LogP contribution is -2.51. The zero-order valence-corrected chi connectivity index (χ0v) is 19.8. The maximum absolute atomic E-state index is 13.0. The van der Waals surface area contributed by atoms with Crippen molar-refractivity contribution in [2.24, 2.45) is 5.92 Å². The quantitative estimate of drug-likeness (QED) is 0.546. The van der Waals surface area contributed by atoms with Gasteiger partial charge in [-0.25, -0.2) is 18.0 Å². The Bertz CT molecular complexity index is 1130. The summed E-state index contributed by atoms with van der Waals surface area (Å²) in [5.41, 5.74) is 0.822. The normalized spacial score (nSPS) is 15.6. The fraction of sp³-hybridized carbons (Fsp3) is 0.348. The Labute approximate surface area is 198 Å². The van der Waals surface area contributed by atoms with Gasteiger partial charge in [-0.1, -0.05) is 32.0 Å². The smallest absolute Gasteiger partial charge is 0.326 e. The number of rotatable bonds is 7. The molecule has 1 fully saturated rings. The van der Waals surface area contributed by atoms with Crippen LogP contribution in [0.5, 0.6) is 0 Å². The zero-order chi connectivity index (χ0) is 24.9. The molecule has 1 atom stereocenters. The van der Waals surface area contributed by atoms with Crippen LogP contribution in [-0.2, 0) is 14.8 Å². The van der Waals surface area contributed by atoms with Gasteiger partial charge in [0.05, 0.1) is 4.90 Å². The monoisotopic (exact) mass is 488 g/mol. The predicted molar refractivity (Wildman–Crippen MR) is 126 cm³/mol. The largest absolute Gasteiger partial charge is 0.480 e. The number of nitrogens with zero attached hydrogens (tertiary/aromatic N) is 2. The van der Waals surface area contributed by atoms with E-state index in [0.717, 1.165) is 0 Å². The number of sulfonamides is 1. The lowest BCUT2D eigenvalue weighted by molar-refractivity contribution is -0.140. The van der Waals surface area contributed by atoms with Crippen molar-refractivity contribution in [3.8, 4) is 0 Å². The number of benzene rings is 2. The number of carboxylic acids is 1. The van der Waals surface area contributed by atoms with Crippen molar-refractivity contribution in [3.05, 3.63) is 60.2 Å². The molecule has 0 unspecified atom stereocenters. The first-order chi connectivity index (χ1) is 16.1. The summed E-state index contributed by atoms with van der Waals surface area (Å²) in [6.45, 7) is 4.12. The molecular formula is C23H28N4O6S. The van der Waals surface area contributed by atoms with Crippen LogP contribution in [0, 0.1) is 5.92 Å². The van der Waals surface area contributed by atoms with Crippen LogP contribution in [0.25, 0.3) is 0 Å². The van der Waals surface area contributed by atoms with Gasteiger partial charge in [0.2, 0.25) is 10.0 Å². The molecule has 10 nitrogen and oxygen atoms in total. The zero-order valence-electron chi connectivity index (χ0n) is 19.0. The van der Waals surface area contributed by atoms with Crippen LogP contribution in [0.3, 0.4) is 0 Å². The highest BCUT2D eigenvalue weighted by atomic mass is 32.2. The Morgan fingerprint density at radius 1 is 0.912 bits per heavy atom. The lowest BCUT2D eigenvalue weighted by atomic mass is 10.0. The predicted octanol–water partition coefficient (Wildman–Crippen LogP) is 2.06. The van der Waals surface area contributed by atoms with Crippen molar-refractivity contribution in [3.63, 3.8) is 0 Å². The molecule has 1 aliphatic heterocycles. The van der Waals surface area contributed by atoms with Gasteiger partial charge in [-0.2, -0.15) is 4.31 Å². The Morgan fingerprint density at radius 3 is 2.03 bits per heavy atom. The number of hydrogen-bond acceptors (Lipinski definition) is 5. The highest BCUT2D eigenvalue weighted by Crippen LogP contribution is 2.19. The van der Waals surface area contributed by atoms with Crippen LogP contribution in [0.4, 0.5) is 10.5 Å². The van der Waals surface area contributed by atoms with E-state index in [0.29, 0.717) is 5.69 Å². The minimum atomic E-state index is -3.81. The molecule has 0 radical (unpaired) electrons. The lowest BCUT2D eigenvalue weighted by Gasteiger charge is -2.34. The average Bonchev–Trinajstić information content (AvgIpc) is 2.82. The molecule has 1 saturated heterocycles. The first kappa shape index (κ1) is 25.2. The molecule has 0 aromatic heterocycles. The summed E-state index contributed by atoms with van der Waals surface area (Å²) in [5, 5.41) is 14.5. The molecule has 2 aromatic rings. The first-order valence-corrected chi connectivity index (χ1v) is 12.3. The maximum atomic E-state index is 13.0. The van der Waals surface area contributed by atoms with Crippen LogP contribution in [-0.4, -0.2) is 72.9 Å². The SMILES string of the molecule is CC(C)[C@H](NC(=O)c1ccc(S(=O)(=O)N2CCN(C(=O)Nc3ccccc3)CC2)cc1)C(=O)O. The topological polar surface area (TPSA) is 136 Å². The third-order valence-electron chi connectivity index (χ3n) is 5.52. The Kier molecular flexibility index (Phi) is 7.90. The molecule has 0 spiro atoms. The summed E-state index contributed by atoms with van der Waals surface area (Å²) in [5.74, 6) is -2.04. The van der Waals surface area contributed by atoms with Crippen molar-refractivity contribution < 1.29 is 27.9 Å². The van der Waals surface area contributed by atoms with Gasteiger partial charge in [0.1, 0.15) is 6.04 Å². The van der Waals surface area contributed by atoms with Gasteiger partial charge in [-0.15, -0.1) is 0 Å². The van der Waals surface area contributed by atoms with Crippen molar-refractivity contribution in [2.45, 2.75) is 24.8 Å². The van der Waals surface area contributed by atoms with E-state index in [4.69, 9.17) is 0 Å². The van der Waals surface area contributed by atoms with Crippen molar-refractivity contribution >= 4 is 33.6 Å². The van der Waals surface area contributed by atoms with Crippen LogP contribution in [0.1, 0.15) is 24.2 Å². The van der Waals surface area contributed by atoms with Gasteiger partial charge < -0.3 is 20.6 Å². The second-order valence-electron chi connectivity index (χ2n) is 8.25. The average molecular weight is 489 g/mol. The van der Waals surface area contributed by atoms with Gasteiger partial charge in [0, 0.05) is 37.4 Å². The Hall–Kier alpha value is -3.44. The summed E-state index contributed by atoms with van der Waals surface area (Å²) in [6.07, 6.45) is 0. The number of piperazine rings is 1. The van der Waals surface area contributed by atoms with Gasteiger partial charge in [-0.05, 0) is 42.3 Å². The van der Waals surface area contributed by atoms with Gasteiger partial charge >= 0.3 is 12.0 Å². The number of urea groups is 1. The van der Waals surface area contributed by atoms with Crippen LogP contribution >= 0.6 is 0 Å². The van der Waals surface area contributed by atoms with Crippen molar-refractivity contribution in [1.82, 2.24) is 14.5 Å². The van der Waals surface area contributed by atoms with Gasteiger partial charge in [0.15, 0.2) is 0 Å². The summed E-state index contributed by atoms with van der Waals surface area (Å²) in [4.78, 5) is 37.7. The van der Waals surface area contributed by atoms with E-state index in [1.54, 1.807) is 30.9 Å². The molecule has 0 bridgehead atoms. The number of hydrogen-bond donors (Lipinski definition) is 3. The minimum Gasteiger partial charge on any atom is -0.480 e. The fourth-order valence-corrected chi connectivity index (χ4v) is 4.94. The van der Waals surface area contributed by atoms with Crippen molar-refractivity contribution in [1.29, 1.82) is 0 Å². The third-order valence-corrected chi connectivity index (χ3v) is 7.44. The Balaban J connectivity index is 1.60. The molecule has 182 valence electrons. The van der Waals surface area contributed by atoms with Crippen LogP contribution in [0.2, 0.25) is 0 Å². The molecule has 3 amide bonds. The molecule has 3 N–H and O–H groups in total. The molecule has 1 aliphatic rings. The molecule has 2 aromatic carbocycles. The van der Waals surface area contributed by atoms with E-state index < -0.39 is 27.9 Å². The summed E-state index contributed by atoms with van der Waals surface area (Å²) < 4.78 is 27.3. The van der Waals surface area contributed by atoms with Gasteiger partial charge in [-0.3, -0.25) is 4.79 Å². The molecule has 0 aliphatic carbocycles. The number of carbonyl (C=O) groups excluding carboxylic acids is 2. The minimum absolute atomic E-state index is 0.0184. The van der Waals surface area contributed by atoms with Crippen LogP contribution < -0.4 is 10.6 Å². The number of carbonyl (C=O) groups is 3. The summed E-state index contributed by atoms with van der Waals surface area (Å²) in [6, 6.07) is 13.0. The van der Waals surface area contributed by atoms with E-state index in [1.165, 1.54) is 28.6 Å². The number of carboxylic acid groups (broad SMARTS) is 1. The summed E-state index contributed by atoms with van der Waals surface area (Å²) in [7, 11) is -3.81. The van der Waals surface area contributed by atoms with E-state index in [9.17, 15) is 27.9 Å². The molecule has 11 heteroatoms. The number of para-hydroxylation sites is 1. The highest BCUT2D eigenvalue weighted by Gasteiger charge is 2.30. The first-order valence-electron chi connectivity index (χ1n) is 10.8. The van der Waals surface area contributed by atoms with E-state index in [1.807, 2.05) is 18.2 Å².